The number of thiophene rings is 1. The number of hydrogen-bond acceptors (Lipinski definition) is 3. The molecule has 1 N–H and O–H groups in total. The lowest BCUT2D eigenvalue weighted by molar-refractivity contribution is -0.137. The molecule has 3 nitrogen and oxygen atoms in total. The Kier molecular flexibility index (Phi) is 3.77. The largest absolute Gasteiger partial charge is 0.417 e. The Morgan fingerprint density at radius 1 is 1.42 bits per heavy atom. The summed E-state index contributed by atoms with van der Waals surface area (Å²) in [7, 11) is 0. The summed E-state index contributed by atoms with van der Waals surface area (Å²) in [4.78, 5) is 15.6. The number of rotatable bonds is 2. The fraction of sp³-hybridized carbons (Fsp3) is 0.0909. The van der Waals surface area contributed by atoms with Crippen molar-refractivity contribution in [2.75, 3.05) is 5.32 Å². The average molecular weight is 307 g/mol. The SMILES string of the molecule is O=C(Nc1ncc(C(F)(F)F)cc1Cl)c1cccs1. The van der Waals surface area contributed by atoms with E-state index in [1.807, 2.05) is 0 Å². The summed E-state index contributed by atoms with van der Waals surface area (Å²) in [5, 5.41) is 3.79. The molecular formula is C11H6ClF3N2OS. The highest BCUT2D eigenvalue weighted by molar-refractivity contribution is 7.12. The number of aromatic nitrogens is 1. The third-order valence-corrected chi connectivity index (χ3v) is 3.30. The molecular weight excluding hydrogens is 301 g/mol. The van der Waals surface area contributed by atoms with Crippen molar-refractivity contribution < 1.29 is 18.0 Å². The van der Waals surface area contributed by atoms with E-state index in [0.717, 1.165) is 6.07 Å². The van der Waals surface area contributed by atoms with Crippen molar-refractivity contribution in [1.29, 1.82) is 0 Å². The van der Waals surface area contributed by atoms with Gasteiger partial charge in [-0.3, -0.25) is 4.79 Å². The molecule has 2 aromatic rings. The molecule has 2 rings (SSSR count). The van der Waals surface area contributed by atoms with Gasteiger partial charge in [0.05, 0.1) is 15.5 Å². The highest BCUT2D eigenvalue weighted by atomic mass is 35.5. The quantitative estimate of drug-likeness (QED) is 0.909. The smallest absolute Gasteiger partial charge is 0.305 e. The highest BCUT2D eigenvalue weighted by Gasteiger charge is 2.31. The van der Waals surface area contributed by atoms with E-state index in [-0.39, 0.29) is 10.8 Å². The number of hydrogen-bond donors (Lipinski definition) is 1. The van der Waals surface area contributed by atoms with E-state index < -0.39 is 17.6 Å². The summed E-state index contributed by atoms with van der Waals surface area (Å²) in [5.74, 6) is -0.572. The van der Waals surface area contributed by atoms with E-state index in [0.29, 0.717) is 11.1 Å². The topological polar surface area (TPSA) is 42.0 Å². The van der Waals surface area contributed by atoms with Crippen LogP contribution in [0, 0.1) is 0 Å². The Balaban J connectivity index is 2.21. The molecule has 0 atom stereocenters. The molecule has 19 heavy (non-hydrogen) atoms. The molecule has 2 heterocycles. The first-order chi connectivity index (χ1) is 8.88. The lowest BCUT2D eigenvalue weighted by atomic mass is 10.3. The van der Waals surface area contributed by atoms with E-state index in [1.165, 1.54) is 11.3 Å². The van der Waals surface area contributed by atoms with Gasteiger partial charge in [-0.1, -0.05) is 17.7 Å². The first-order valence-corrected chi connectivity index (χ1v) is 6.21. The lowest BCUT2D eigenvalue weighted by Gasteiger charge is -2.09. The van der Waals surface area contributed by atoms with E-state index in [2.05, 4.69) is 10.3 Å². The van der Waals surface area contributed by atoms with E-state index >= 15 is 0 Å². The van der Waals surface area contributed by atoms with E-state index in [4.69, 9.17) is 11.6 Å². The van der Waals surface area contributed by atoms with Crippen LogP contribution < -0.4 is 5.32 Å². The molecule has 0 aliphatic carbocycles. The number of halogens is 4. The maximum atomic E-state index is 12.4. The Morgan fingerprint density at radius 3 is 2.68 bits per heavy atom. The number of nitrogens with zero attached hydrogens (tertiary/aromatic N) is 1. The molecule has 0 aliphatic heterocycles. The Labute approximate surface area is 115 Å². The second kappa shape index (κ2) is 5.18. The van der Waals surface area contributed by atoms with Crippen LogP contribution in [0.1, 0.15) is 15.2 Å². The minimum atomic E-state index is -4.52. The van der Waals surface area contributed by atoms with Gasteiger partial charge < -0.3 is 5.32 Å². The van der Waals surface area contributed by atoms with Gasteiger partial charge in [0.15, 0.2) is 5.82 Å². The highest BCUT2D eigenvalue weighted by Crippen LogP contribution is 2.32. The van der Waals surface area contributed by atoms with E-state index in [9.17, 15) is 18.0 Å². The van der Waals surface area contributed by atoms with Gasteiger partial charge in [0.2, 0.25) is 0 Å². The Hall–Kier alpha value is -1.60. The van der Waals surface area contributed by atoms with Crippen molar-refractivity contribution in [1.82, 2.24) is 4.98 Å². The summed E-state index contributed by atoms with van der Waals surface area (Å²) in [6.45, 7) is 0. The molecule has 0 aromatic carbocycles. The summed E-state index contributed by atoms with van der Waals surface area (Å²) < 4.78 is 37.2. The monoisotopic (exact) mass is 306 g/mol. The molecule has 2 aromatic heterocycles. The van der Waals surface area contributed by atoms with Crippen LogP contribution in [-0.4, -0.2) is 10.9 Å². The van der Waals surface area contributed by atoms with Gasteiger partial charge in [-0.05, 0) is 17.5 Å². The molecule has 0 spiro atoms. The van der Waals surface area contributed by atoms with Crippen LogP contribution in [0.25, 0.3) is 0 Å². The maximum absolute atomic E-state index is 12.4. The first-order valence-electron chi connectivity index (χ1n) is 4.95. The standard InChI is InChI=1S/C11H6ClF3N2OS/c12-7-4-6(11(13,14)15)5-16-9(7)17-10(18)8-2-1-3-19-8/h1-5H,(H,16,17,18). The van der Waals surface area contributed by atoms with Gasteiger partial charge in [0, 0.05) is 6.20 Å². The minimum absolute atomic E-state index is 0.104. The number of anilines is 1. The normalized spacial score (nSPS) is 11.4. The van der Waals surface area contributed by atoms with E-state index in [1.54, 1.807) is 17.5 Å². The van der Waals surface area contributed by atoms with Crippen molar-refractivity contribution >= 4 is 34.7 Å². The maximum Gasteiger partial charge on any atom is 0.417 e. The first kappa shape index (κ1) is 13.8. The number of amides is 1. The third-order valence-electron chi connectivity index (χ3n) is 2.15. The predicted octanol–water partition coefficient (Wildman–Crippen LogP) is 4.07. The number of alkyl halides is 3. The van der Waals surface area contributed by atoms with Crippen molar-refractivity contribution in [3.8, 4) is 0 Å². The van der Waals surface area contributed by atoms with Gasteiger partial charge in [0.1, 0.15) is 0 Å². The molecule has 8 heteroatoms. The molecule has 0 radical (unpaired) electrons. The van der Waals surface area contributed by atoms with Crippen LogP contribution in [-0.2, 0) is 6.18 Å². The second-order valence-electron chi connectivity index (χ2n) is 3.48. The van der Waals surface area contributed by atoms with Crippen LogP contribution >= 0.6 is 22.9 Å². The van der Waals surface area contributed by atoms with Gasteiger partial charge in [-0.25, -0.2) is 4.98 Å². The van der Waals surface area contributed by atoms with Gasteiger partial charge in [-0.15, -0.1) is 11.3 Å². The van der Waals surface area contributed by atoms with Crippen molar-refractivity contribution in [3.63, 3.8) is 0 Å². The van der Waals surface area contributed by atoms with Crippen molar-refractivity contribution in [2.24, 2.45) is 0 Å². The number of nitrogens with one attached hydrogen (secondary N) is 1. The molecule has 0 unspecified atom stereocenters. The summed E-state index contributed by atoms with van der Waals surface area (Å²) in [5.41, 5.74) is -0.966. The van der Waals surface area contributed by atoms with Crippen LogP contribution in [0.5, 0.6) is 0 Å². The predicted molar refractivity (Wildman–Crippen MR) is 66.5 cm³/mol. The molecule has 0 saturated carbocycles. The third kappa shape index (κ3) is 3.24. The molecule has 0 aliphatic rings. The van der Waals surface area contributed by atoms with Crippen molar-refractivity contribution in [3.05, 3.63) is 45.2 Å². The number of carbonyl (C=O) groups is 1. The fourth-order valence-corrected chi connectivity index (χ4v) is 2.09. The molecule has 0 bridgehead atoms. The molecule has 0 fully saturated rings. The second-order valence-corrected chi connectivity index (χ2v) is 4.84. The Bertz CT molecular complexity index is 598. The fourth-order valence-electron chi connectivity index (χ4n) is 1.26. The Morgan fingerprint density at radius 2 is 2.16 bits per heavy atom. The lowest BCUT2D eigenvalue weighted by Crippen LogP contribution is -2.13. The zero-order chi connectivity index (χ0) is 14.0. The number of pyridine rings is 1. The van der Waals surface area contributed by atoms with Crippen molar-refractivity contribution in [2.45, 2.75) is 6.18 Å². The van der Waals surface area contributed by atoms with Crippen LogP contribution in [0.2, 0.25) is 5.02 Å². The van der Waals surface area contributed by atoms with Gasteiger partial charge in [0.25, 0.3) is 5.91 Å². The summed E-state index contributed by atoms with van der Waals surface area (Å²) in [6.07, 6.45) is -3.90. The minimum Gasteiger partial charge on any atom is -0.305 e. The van der Waals surface area contributed by atoms with Gasteiger partial charge in [-0.2, -0.15) is 13.2 Å². The zero-order valence-corrected chi connectivity index (χ0v) is 10.7. The molecule has 100 valence electrons. The van der Waals surface area contributed by atoms with Crippen LogP contribution in [0.3, 0.4) is 0 Å². The van der Waals surface area contributed by atoms with Gasteiger partial charge >= 0.3 is 6.18 Å². The summed E-state index contributed by atoms with van der Waals surface area (Å²) >= 11 is 6.87. The molecule has 1 amide bonds. The number of carbonyl (C=O) groups excluding carboxylic acids is 1. The van der Waals surface area contributed by atoms with Crippen LogP contribution in [0.15, 0.2) is 29.8 Å². The average Bonchev–Trinajstić information content (AvgIpc) is 2.84. The van der Waals surface area contributed by atoms with Crippen LogP contribution in [0.4, 0.5) is 19.0 Å². The summed E-state index contributed by atoms with van der Waals surface area (Å²) in [6, 6.07) is 3.98. The molecule has 0 saturated heterocycles. The zero-order valence-electron chi connectivity index (χ0n) is 9.16.